The van der Waals surface area contributed by atoms with Crippen LogP contribution in [0.5, 0.6) is 0 Å². The first kappa shape index (κ1) is 25.9. The zero-order valence-electron chi connectivity index (χ0n) is 17.4. The number of rotatable bonds is 7. The topological polar surface area (TPSA) is 87.6 Å². The van der Waals surface area contributed by atoms with Crippen LogP contribution in [0, 0.1) is 6.92 Å². The highest BCUT2D eigenvalue weighted by molar-refractivity contribution is 14.0. The summed E-state index contributed by atoms with van der Waals surface area (Å²) in [5.74, 6) is 0.690. The fourth-order valence-corrected chi connectivity index (χ4v) is 3.09. The van der Waals surface area contributed by atoms with E-state index in [0.29, 0.717) is 19.0 Å². The second kappa shape index (κ2) is 11.7. The van der Waals surface area contributed by atoms with E-state index in [9.17, 15) is 4.79 Å². The van der Waals surface area contributed by atoms with Crippen molar-refractivity contribution in [1.29, 1.82) is 0 Å². The molecule has 0 saturated carbocycles. The van der Waals surface area contributed by atoms with Crippen LogP contribution in [0.4, 0.5) is 4.79 Å². The number of carbonyl (C=O) groups is 1. The first-order valence-corrected chi connectivity index (χ1v) is 9.87. The lowest BCUT2D eigenvalue weighted by molar-refractivity contribution is 0.0448. The number of halogens is 1. The molecule has 27 heavy (non-hydrogen) atoms. The molecule has 0 aliphatic rings. The lowest BCUT2D eigenvalue weighted by atomic mass is 9.93. The van der Waals surface area contributed by atoms with Crippen molar-refractivity contribution >= 4 is 47.4 Å². The Kier molecular flexibility index (Phi) is 11.2. The first-order valence-electron chi connectivity index (χ1n) is 8.99. The predicted molar refractivity (Wildman–Crippen MR) is 123 cm³/mol. The standard InChI is InChI=1S/C18H33N5O2S.HI/c1-8-18(9-2,23-16(24)25-17(4,5)6)11-21-15(19-7)20-10-14-13(3)22-12-26-14;/h12H,8-11H2,1-7H3,(H,23,24)(H2,19,20,21);1H. The highest BCUT2D eigenvalue weighted by Crippen LogP contribution is 2.16. The Morgan fingerprint density at radius 1 is 1.26 bits per heavy atom. The molecule has 0 saturated heterocycles. The van der Waals surface area contributed by atoms with E-state index >= 15 is 0 Å². The van der Waals surface area contributed by atoms with Crippen molar-refractivity contribution in [2.24, 2.45) is 4.99 Å². The summed E-state index contributed by atoms with van der Waals surface area (Å²) in [6.45, 7) is 12.9. The first-order chi connectivity index (χ1) is 12.1. The van der Waals surface area contributed by atoms with E-state index in [1.165, 1.54) is 4.88 Å². The quantitative estimate of drug-likeness (QED) is 0.295. The molecule has 9 heteroatoms. The van der Waals surface area contributed by atoms with E-state index in [1.54, 1.807) is 18.4 Å². The van der Waals surface area contributed by atoms with Crippen molar-refractivity contribution in [3.63, 3.8) is 0 Å². The van der Waals surface area contributed by atoms with Crippen LogP contribution in [0.3, 0.4) is 0 Å². The van der Waals surface area contributed by atoms with E-state index in [4.69, 9.17) is 4.74 Å². The van der Waals surface area contributed by atoms with Gasteiger partial charge in [-0.05, 0) is 40.5 Å². The number of amides is 1. The van der Waals surface area contributed by atoms with Gasteiger partial charge in [-0.25, -0.2) is 9.78 Å². The van der Waals surface area contributed by atoms with Gasteiger partial charge >= 0.3 is 6.09 Å². The fourth-order valence-electron chi connectivity index (χ4n) is 2.37. The van der Waals surface area contributed by atoms with Gasteiger partial charge in [0.25, 0.3) is 0 Å². The van der Waals surface area contributed by atoms with Crippen LogP contribution >= 0.6 is 35.3 Å². The van der Waals surface area contributed by atoms with E-state index in [-0.39, 0.29) is 24.0 Å². The molecule has 0 aliphatic carbocycles. The van der Waals surface area contributed by atoms with Crippen LogP contribution in [-0.2, 0) is 11.3 Å². The van der Waals surface area contributed by atoms with Crippen LogP contribution in [-0.4, -0.2) is 41.8 Å². The maximum absolute atomic E-state index is 12.2. The summed E-state index contributed by atoms with van der Waals surface area (Å²) in [6, 6.07) is 0. The summed E-state index contributed by atoms with van der Waals surface area (Å²) in [7, 11) is 1.73. The number of nitrogens with one attached hydrogen (secondary N) is 3. The maximum atomic E-state index is 12.2. The fraction of sp³-hybridized carbons (Fsp3) is 0.722. The summed E-state index contributed by atoms with van der Waals surface area (Å²) >= 11 is 1.62. The Labute approximate surface area is 184 Å². The van der Waals surface area contributed by atoms with Gasteiger partial charge < -0.3 is 20.7 Å². The Bertz CT molecular complexity index is 609. The molecule has 3 N–H and O–H groups in total. The number of aryl methyl sites for hydroxylation is 1. The number of hydrogen-bond acceptors (Lipinski definition) is 5. The summed E-state index contributed by atoms with van der Waals surface area (Å²) in [5, 5.41) is 9.64. The van der Waals surface area contributed by atoms with Crippen molar-refractivity contribution in [2.75, 3.05) is 13.6 Å². The molecule has 1 heterocycles. The zero-order chi connectivity index (χ0) is 19.8. The lowest BCUT2D eigenvalue weighted by Gasteiger charge is -2.34. The number of hydrogen-bond donors (Lipinski definition) is 3. The Balaban J connectivity index is 0.00000676. The number of guanidine groups is 1. The van der Waals surface area contributed by atoms with Crippen molar-refractivity contribution < 1.29 is 9.53 Å². The molecule has 1 amide bonds. The van der Waals surface area contributed by atoms with Gasteiger partial charge in [0.05, 0.1) is 23.3 Å². The molecule has 0 fully saturated rings. The number of alkyl carbamates (subject to hydrolysis) is 1. The van der Waals surface area contributed by atoms with E-state index in [2.05, 4.69) is 39.8 Å². The second-order valence-electron chi connectivity index (χ2n) is 7.25. The van der Waals surface area contributed by atoms with Gasteiger partial charge in [-0.3, -0.25) is 4.99 Å². The smallest absolute Gasteiger partial charge is 0.408 e. The van der Waals surface area contributed by atoms with Gasteiger partial charge in [0.2, 0.25) is 0 Å². The van der Waals surface area contributed by atoms with Crippen LogP contribution in [0.25, 0.3) is 0 Å². The van der Waals surface area contributed by atoms with Gasteiger partial charge in [-0.2, -0.15) is 0 Å². The van der Waals surface area contributed by atoms with Gasteiger partial charge in [0, 0.05) is 18.5 Å². The Morgan fingerprint density at radius 3 is 2.33 bits per heavy atom. The van der Waals surface area contributed by atoms with Crippen LogP contribution in [0.15, 0.2) is 10.5 Å². The van der Waals surface area contributed by atoms with E-state index < -0.39 is 17.2 Å². The van der Waals surface area contributed by atoms with Crippen molar-refractivity contribution in [2.45, 2.75) is 72.1 Å². The minimum atomic E-state index is -0.519. The highest BCUT2D eigenvalue weighted by Gasteiger charge is 2.30. The summed E-state index contributed by atoms with van der Waals surface area (Å²) in [5.41, 5.74) is 1.95. The van der Waals surface area contributed by atoms with E-state index in [0.717, 1.165) is 18.5 Å². The molecule has 7 nitrogen and oxygen atoms in total. The van der Waals surface area contributed by atoms with Gasteiger partial charge in [-0.15, -0.1) is 35.3 Å². The number of nitrogens with zero attached hydrogens (tertiary/aromatic N) is 2. The minimum Gasteiger partial charge on any atom is -0.444 e. The largest absolute Gasteiger partial charge is 0.444 e. The van der Waals surface area contributed by atoms with Gasteiger partial charge in [0.1, 0.15) is 5.60 Å². The number of aliphatic imine (C=N–C) groups is 1. The molecule has 0 radical (unpaired) electrons. The molecule has 1 rings (SSSR count). The molecule has 0 spiro atoms. The molecule has 0 unspecified atom stereocenters. The van der Waals surface area contributed by atoms with Crippen LogP contribution in [0.1, 0.15) is 58.0 Å². The Hall–Kier alpha value is -1.10. The maximum Gasteiger partial charge on any atom is 0.408 e. The summed E-state index contributed by atoms with van der Waals surface area (Å²) < 4.78 is 5.41. The second-order valence-corrected chi connectivity index (χ2v) is 8.19. The third kappa shape index (κ3) is 9.09. The molecule has 0 atom stereocenters. The zero-order valence-corrected chi connectivity index (χ0v) is 20.6. The van der Waals surface area contributed by atoms with Gasteiger partial charge in [0.15, 0.2) is 5.96 Å². The summed E-state index contributed by atoms with van der Waals surface area (Å²) in [6.07, 6.45) is 1.16. The van der Waals surface area contributed by atoms with Crippen LogP contribution < -0.4 is 16.0 Å². The molecule has 1 aromatic rings. The number of ether oxygens (including phenoxy) is 1. The molecule has 0 aliphatic heterocycles. The molecule has 0 bridgehead atoms. The minimum absolute atomic E-state index is 0. The van der Waals surface area contributed by atoms with E-state index in [1.807, 2.05) is 33.2 Å². The third-order valence-corrected chi connectivity index (χ3v) is 5.13. The predicted octanol–water partition coefficient (Wildman–Crippen LogP) is 3.82. The molecule has 1 aromatic heterocycles. The number of thiazole rings is 1. The number of aromatic nitrogens is 1. The van der Waals surface area contributed by atoms with Crippen molar-refractivity contribution in [3.05, 3.63) is 16.1 Å². The number of carbonyl (C=O) groups excluding carboxylic acids is 1. The highest BCUT2D eigenvalue weighted by atomic mass is 127. The third-order valence-electron chi connectivity index (χ3n) is 4.20. The average molecular weight is 511 g/mol. The molecule has 0 aromatic carbocycles. The molecule has 156 valence electrons. The van der Waals surface area contributed by atoms with Crippen molar-refractivity contribution in [1.82, 2.24) is 20.9 Å². The van der Waals surface area contributed by atoms with Crippen LogP contribution in [0.2, 0.25) is 0 Å². The normalized spacial score (nSPS) is 12.2. The molecular weight excluding hydrogens is 477 g/mol. The molecular formula is C18H34IN5O2S. The van der Waals surface area contributed by atoms with Crippen molar-refractivity contribution in [3.8, 4) is 0 Å². The summed E-state index contributed by atoms with van der Waals surface area (Å²) in [4.78, 5) is 21.9. The lowest BCUT2D eigenvalue weighted by Crippen LogP contribution is -2.57. The Morgan fingerprint density at radius 2 is 1.89 bits per heavy atom. The monoisotopic (exact) mass is 511 g/mol. The SMILES string of the molecule is CCC(CC)(CNC(=NC)NCc1scnc1C)NC(=O)OC(C)(C)C.I. The average Bonchev–Trinajstić information content (AvgIpc) is 2.97. The van der Waals surface area contributed by atoms with Gasteiger partial charge in [-0.1, -0.05) is 13.8 Å².